The normalized spacial score (nSPS) is 12.3. The Bertz CT molecular complexity index is 1430. The minimum absolute atomic E-state index is 0.0695. The van der Waals surface area contributed by atoms with Crippen LogP contribution in [-0.2, 0) is 28.6 Å². The highest BCUT2D eigenvalue weighted by atomic mass is 16.6. The zero-order chi connectivity index (χ0) is 59.9. The highest BCUT2D eigenvalue weighted by molar-refractivity contribution is 5.71. The summed E-state index contributed by atoms with van der Waals surface area (Å²) in [5.41, 5.74) is 0. The number of carbonyl (C=O) groups excluding carboxylic acids is 3. The van der Waals surface area contributed by atoms with Gasteiger partial charge in [0.15, 0.2) is 6.10 Å². The van der Waals surface area contributed by atoms with Gasteiger partial charge < -0.3 is 14.2 Å². The topological polar surface area (TPSA) is 78.9 Å². The zero-order valence-electron chi connectivity index (χ0n) is 56.0. The smallest absolute Gasteiger partial charge is 0.306 e. The van der Waals surface area contributed by atoms with Crippen molar-refractivity contribution in [3.63, 3.8) is 0 Å². The van der Waals surface area contributed by atoms with Gasteiger partial charge in [-0.25, -0.2) is 0 Å². The maximum absolute atomic E-state index is 13.0. The van der Waals surface area contributed by atoms with E-state index in [1.807, 2.05) is 0 Å². The van der Waals surface area contributed by atoms with Gasteiger partial charge >= 0.3 is 17.9 Å². The number of unbranched alkanes of at least 4 members (excludes halogenated alkanes) is 50. The van der Waals surface area contributed by atoms with Crippen molar-refractivity contribution in [2.24, 2.45) is 0 Å². The Labute approximate surface area is 518 Å². The molecule has 0 bridgehead atoms. The summed E-state index contributed by atoms with van der Waals surface area (Å²) in [6.07, 6.45) is 91.4. The number of hydrogen-bond donors (Lipinski definition) is 0. The molecule has 83 heavy (non-hydrogen) atoms. The van der Waals surface area contributed by atoms with Crippen molar-refractivity contribution in [2.45, 2.75) is 412 Å². The van der Waals surface area contributed by atoms with Crippen LogP contribution >= 0.6 is 0 Å². The van der Waals surface area contributed by atoms with Crippen molar-refractivity contribution in [1.82, 2.24) is 0 Å². The number of carbonyl (C=O) groups is 3. The Morgan fingerprint density at radius 1 is 0.241 bits per heavy atom. The van der Waals surface area contributed by atoms with Gasteiger partial charge in [-0.1, -0.05) is 352 Å². The maximum Gasteiger partial charge on any atom is 0.306 e. The Balaban J connectivity index is 4.31. The lowest BCUT2D eigenvalue weighted by atomic mass is 10.0. The van der Waals surface area contributed by atoms with Crippen LogP contribution in [0.2, 0.25) is 0 Å². The van der Waals surface area contributed by atoms with E-state index in [4.69, 9.17) is 14.2 Å². The van der Waals surface area contributed by atoms with Crippen LogP contribution in [0.5, 0.6) is 0 Å². The molecule has 0 heterocycles. The summed E-state index contributed by atoms with van der Waals surface area (Å²) in [4.78, 5) is 38.5. The van der Waals surface area contributed by atoms with Crippen molar-refractivity contribution < 1.29 is 28.6 Å². The van der Waals surface area contributed by atoms with Gasteiger partial charge in [0.25, 0.3) is 0 Å². The molecule has 0 aliphatic heterocycles. The van der Waals surface area contributed by atoms with Gasteiger partial charge in [-0.3, -0.25) is 14.4 Å². The summed E-state index contributed by atoms with van der Waals surface area (Å²) in [7, 11) is 0. The predicted octanol–water partition coefficient (Wildman–Crippen LogP) is 25.7. The van der Waals surface area contributed by atoms with Gasteiger partial charge in [0.05, 0.1) is 0 Å². The van der Waals surface area contributed by atoms with E-state index in [0.717, 1.165) is 70.6 Å². The second-order valence-corrected chi connectivity index (χ2v) is 25.2. The Kier molecular flexibility index (Phi) is 69.6. The number of ether oxygens (including phenoxy) is 3. The molecule has 6 nitrogen and oxygen atoms in total. The molecule has 0 aromatic rings. The molecule has 0 saturated heterocycles. The third-order valence-corrected chi connectivity index (χ3v) is 16.8. The van der Waals surface area contributed by atoms with Gasteiger partial charge in [0.1, 0.15) is 13.2 Å². The van der Waals surface area contributed by atoms with Gasteiger partial charge in [0.2, 0.25) is 0 Å². The van der Waals surface area contributed by atoms with Crippen LogP contribution in [-0.4, -0.2) is 37.2 Å². The summed E-state index contributed by atoms with van der Waals surface area (Å²) in [6.45, 7) is 6.70. The molecule has 0 aromatic carbocycles. The lowest BCUT2D eigenvalue weighted by Gasteiger charge is -2.18. The Morgan fingerprint density at radius 2 is 0.434 bits per heavy atom. The molecular formula is C77H142O6. The van der Waals surface area contributed by atoms with Crippen LogP contribution in [0.1, 0.15) is 406 Å². The summed E-state index contributed by atoms with van der Waals surface area (Å²) in [6, 6.07) is 0. The number of rotatable bonds is 69. The standard InChI is InChI=1S/C77H142O6/c1-4-7-10-13-16-19-22-25-28-31-33-35-37-38-40-41-43-46-49-52-55-58-61-64-67-70-76(79)82-73-74(72-81-75(78)69-66-63-60-57-54-51-48-45-30-27-24-21-18-15-12-9-6-3)83-77(80)71-68-65-62-59-56-53-50-47-44-42-39-36-34-32-29-26-23-20-17-14-11-8-5-2/h22,25,31-34,37-38,74H,4-21,23-24,26-30,35-36,39-73H2,1-3H3/b25-22-,33-31-,34-32-,38-37-. The number of esters is 3. The van der Waals surface area contributed by atoms with E-state index in [-0.39, 0.29) is 31.1 Å². The second-order valence-electron chi connectivity index (χ2n) is 25.2. The first-order chi connectivity index (χ1) is 41.0. The van der Waals surface area contributed by atoms with E-state index in [0.29, 0.717) is 19.3 Å². The van der Waals surface area contributed by atoms with E-state index >= 15 is 0 Å². The molecule has 0 fully saturated rings. The second kappa shape index (κ2) is 71.8. The molecule has 0 radical (unpaired) electrons. The van der Waals surface area contributed by atoms with Gasteiger partial charge in [0, 0.05) is 19.3 Å². The van der Waals surface area contributed by atoms with Gasteiger partial charge in [-0.15, -0.1) is 0 Å². The fourth-order valence-corrected chi connectivity index (χ4v) is 11.2. The molecule has 0 aromatic heterocycles. The van der Waals surface area contributed by atoms with E-state index < -0.39 is 6.10 Å². The third kappa shape index (κ3) is 70.0. The molecule has 486 valence electrons. The quantitative estimate of drug-likeness (QED) is 0.0261. The van der Waals surface area contributed by atoms with Crippen molar-refractivity contribution in [2.75, 3.05) is 13.2 Å². The highest BCUT2D eigenvalue weighted by Crippen LogP contribution is 2.18. The maximum atomic E-state index is 13.0. The number of hydrogen-bond acceptors (Lipinski definition) is 6. The molecule has 0 spiro atoms. The molecule has 0 aliphatic rings. The van der Waals surface area contributed by atoms with Gasteiger partial charge in [-0.2, -0.15) is 0 Å². The van der Waals surface area contributed by atoms with Gasteiger partial charge in [-0.05, 0) is 83.5 Å². The van der Waals surface area contributed by atoms with Crippen LogP contribution in [0.3, 0.4) is 0 Å². The Morgan fingerprint density at radius 3 is 0.687 bits per heavy atom. The highest BCUT2D eigenvalue weighted by Gasteiger charge is 2.19. The Hall–Kier alpha value is -2.63. The molecule has 1 unspecified atom stereocenters. The molecule has 0 saturated carbocycles. The first kappa shape index (κ1) is 80.4. The lowest BCUT2D eigenvalue weighted by molar-refractivity contribution is -0.167. The molecule has 6 heteroatoms. The van der Waals surface area contributed by atoms with Crippen molar-refractivity contribution in [1.29, 1.82) is 0 Å². The summed E-state index contributed by atoms with van der Waals surface area (Å²) in [5, 5.41) is 0. The minimum Gasteiger partial charge on any atom is -0.462 e. The van der Waals surface area contributed by atoms with Crippen molar-refractivity contribution in [3.05, 3.63) is 48.6 Å². The largest absolute Gasteiger partial charge is 0.462 e. The average molecular weight is 1160 g/mol. The predicted molar refractivity (Wildman–Crippen MR) is 362 cm³/mol. The fourth-order valence-electron chi connectivity index (χ4n) is 11.2. The minimum atomic E-state index is -0.775. The molecule has 0 N–H and O–H groups in total. The van der Waals surface area contributed by atoms with E-state index in [2.05, 4.69) is 69.4 Å². The van der Waals surface area contributed by atoms with E-state index in [1.54, 1.807) is 0 Å². The average Bonchev–Trinajstić information content (AvgIpc) is 3.49. The summed E-state index contributed by atoms with van der Waals surface area (Å²) >= 11 is 0. The van der Waals surface area contributed by atoms with Crippen LogP contribution in [0.15, 0.2) is 48.6 Å². The molecule has 1 atom stereocenters. The first-order valence-corrected chi connectivity index (χ1v) is 37.1. The van der Waals surface area contributed by atoms with Crippen LogP contribution < -0.4 is 0 Å². The third-order valence-electron chi connectivity index (χ3n) is 16.8. The first-order valence-electron chi connectivity index (χ1n) is 37.1. The van der Waals surface area contributed by atoms with E-state index in [9.17, 15) is 14.4 Å². The SMILES string of the molecule is CCCCCCC/C=C\C/C=C\C/C=C\CCCCCCCCCCCCC(=O)OCC(COC(=O)CCCCCCCCCCCCCCCCCCC)OC(=O)CCCCCCCCCCCCC/C=C\CCCCCCCCCC. The summed E-state index contributed by atoms with van der Waals surface area (Å²) in [5.74, 6) is -0.844. The number of allylic oxidation sites excluding steroid dienone is 8. The van der Waals surface area contributed by atoms with Crippen LogP contribution in [0.4, 0.5) is 0 Å². The van der Waals surface area contributed by atoms with Crippen LogP contribution in [0.25, 0.3) is 0 Å². The zero-order valence-corrected chi connectivity index (χ0v) is 56.0. The molecule has 0 rings (SSSR count). The molecular weight excluding hydrogens is 1020 g/mol. The monoisotopic (exact) mass is 1160 g/mol. The van der Waals surface area contributed by atoms with Crippen molar-refractivity contribution >= 4 is 17.9 Å². The fraction of sp³-hybridized carbons (Fsp3) is 0.857. The van der Waals surface area contributed by atoms with E-state index in [1.165, 1.54) is 295 Å². The van der Waals surface area contributed by atoms with Crippen molar-refractivity contribution in [3.8, 4) is 0 Å². The summed E-state index contributed by atoms with van der Waals surface area (Å²) < 4.78 is 17.0. The lowest BCUT2D eigenvalue weighted by Crippen LogP contribution is -2.30. The molecule has 0 aliphatic carbocycles. The molecule has 0 amide bonds. The van der Waals surface area contributed by atoms with Crippen LogP contribution in [0, 0.1) is 0 Å².